The molecule has 0 heterocycles. The molecule has 0 saturated heterocycles. The van der Waals surface area contributed by atoms with Crippen molar-refractivity contribution in [2.45, 2.75) is 26.7 Å². The van der Waals surface area contributed by atoms with Crippen LogP contribution in [0.2, 0.25) is 5.02 Å². The third kappa shape index (κ3) is 2.91. The summed E-state index contributed by atoms with van der Waals surface area (Å²) in [5.74, 6) is 1.19. The van der Waals surface area contributed by atoms with Crippen LogP contribution >= 0.6 is 11.6 Å². The molecule has 1 aromatic rings. The zero-order valence-electron chi connectivity index (χ0n) is 10.6. The summed E-state index contributed by atoms with van der Waals surface area (Å²) in [6.45, 7) is 3.56. The van der Waals surface area contributed by atoms with Gasteiger partial charge >= 0.3 is 0 Å². The van der Waals surface area contributed by atoms with Crippen molar-refractivity contribution < 1.29 is 14.3 Å². The average molecular weight is 257 g/mol. The van der Waals surface area contributed by atoms with Gasteiger partial charge in [0, 0.05) is 6.42 Å². The lowest BCUT2D eigenvalue weighted by molar-refractivity contribution is -0.116. The fourth-order valence-corrected chi connectivity index (χ4v) is 2.27. The predicted octanol–water partition coefficient (Wildman–Crippen LogP) is 3.05. The number of halogens is 1. The summed E-state index contributed by atoms with van der Waals surface area (Å²) in [6.07, 6.45) is 1.12. The second-order valence-corrected chi connectivity index (χ2v) is 4.17. The molecule has 1 aromatic carbocycles. The zero-order chi connectivity index (χ0) is 13.0. The summed E-state index contributed by atoms with van der Waals surface area (Å²) in [5.41, 5.74) is 1.85. The number of methoxy groups -OCH3 is 2. The smallest absolute Gasteiger partial charge is 0.179 e. The number of hydrogen-bond donors (Lipinski definition) is 0. The van der Waals surface area contributed by atoms with Gasteiger partial charge in [-0.05, 0) is 30.5 Å². The van der Waals surface area contributed by atoms with Crippen LogP contribution in [0, 0.1) is 0 Å². The molecule has 0 aliphatic heterocycles. The largest absolute Gasteiger partial charge is 0.493 e. The van der Waals surface area contributed by atoms with E-state index in [-0.39, 0.29) is 5.78 Å². The van der Waals surface area contributed by atoms with Gasteiger partial charge in [-0.15, -0.1) is 0 Å². The van der Waals surface area contributed by atoms with E-state index < -0.39 is 0 Å². The van der Waals surface area contributed by atoms with Crippen molar-refractivity contribution in [3.63, 3.8) is 0 Å². The lowest BCUT2D eigenvalue weighted by Crippen LogP contribution is -2.04. The van der Waals surface area contributed by atoms with Gasteiger partial charge in [0.1, 0.15) is 5.78 Å². The molecule has 0 amide bonds. The lowest BCUT2D eigenvalue weighted by atomic mass is 9.99. The van der Waals surface area contributed by atoms with E-state index in [0.29, 0.717) is 22.9 Å². The van der Waals surface area contributed by atoms with Crippen molar-refractivity contribution in [3.8, 4) is 11.5 Å². The van der Waals surface area contributed by atoms with E-state index in [9.17, 15) is 4.79 Å². The fourth-order valence-electron chi connectivity index (χ4n) is 1.85. The summed E-state index contributed by atoms with van der Waals surface area (Å²) in [5, 5.41) is 0.533. The molecular weight excluding hydrogens is 240 g/mol. The van der Waals surface area contributed by atoms with Gasteiger partial charge in [-0.1, -0.05) is 18.5 Å². The number of rotatable bonds is 5. The van der Waals surface area contributed by atoms with Crippen LogP contribution in [-0.4, -0.2) is 20.0 Å². The van der Waals surface area contributed by atoms with Crippen molar-refractivity contribution in [2.75, 3.05) is 14.2 Å². The molecular formula is C13H17ClO3. The third-order valence-electron chi connectivity index (χ3n) is 2.60. The Hall–Kier alpha value is -1.22. The minimum absolute atomic E-state index is 0.1000. The molecule has 0 saturated carbocycles. The minimum atomic E-state index is 0.1000. The lowest BCUT2D eigenvalue weighted by Gasteiger charge is -2.16. The first-order chi connectivity index (χ1) is 8.04. The Labute approximate surface area is 107 Å². The van der Waals surface area contributed by atoms with E-state index in [2.05, 4.69) is 0 Å². The molecule has 4 heteroatoms. The normalized spacial score (nSPS) is 10.2. The molecule has 0 fully saturated rings. The molecule has 0 aliphatic rings. The van der Waals surface area contributed by atoms with Crippen molar-refractivity contribution >= 4 is 17.4 Å². The molecule has 0 bridgehead atoms. The third-order valence-corrected chi connectivity index (χ3v) is 3.00. The molecule has 0 unspecified atom stereocenters. The predicted molar refractivity (Wildman–Crippen MR) is 68.3 cm³/mol. The second kappa shape index (κ2) is 5.92. The SMILES string of the molecule is CCc1c(CC(C)=O)cc(OC)c(OC)c1Cl. The number of carbonyl (C=O) groups is 1. The average Bonchev–Trinajstić information content (AvgIpc) is 2.28. The van der Waals surface area contributed by atoms with E-state index in [4.69, 9.17) is 21.1 Å². The van der Waals surface area contributed by atoms with E-state index >= 15 is 0 Å². The summed E-state index contributed by atoms with van der Waals surface area (Å²) in [7, 11) is 3.10. The van der Waals surface area contributed by atoms with Crippen LogP contribution in [0.25, 0.3) is 0 Å². The van der Waals surface area contributed by atoms with Crippen LogP contribution in [0.15, 0.2) is 6.07 Å². The van der Waals surface area contributed by atoms with Crippen LogP contribution in [0.5, 0.6) is 11.5 Å². The number of ketones is 1. The Bertz CT molecular complexity index is 427. The van der Waals surface area contributed by atoms with Crippen molar-refractivity contribution in [1.82, 2.24) is 0 Å². The first-order valence-electron chi connectivity index (χ1n) is 5.46. The molecule has 1 rings (SSSR count). The van der Waals surface area contributed by atoms with Gasteiger partial charge in [0.05, 0.1) is 19.2 Å². The Kier molecular flexibility index (Phi) is 4.82. The fraction of sp³-hybridized carbons (Fsp3) is 0.462. The number of hydrogen-bond acceptors (Lipinski definition) is 3. The summed E-state index contributed by atoms with van der Waals surface area (Å²) in [4.78, 5) is 11.2. The summed E-state index contributed by atoms with van der Waals surface area (Å²) < 4.78 is 10.4. The van der Waals surface area contributed by atoms with Gasteiger partial charge in [-0.2, -0.15) is 0 Å². The maximum absolute atomic E-state index is 11.2. The van der Waals surface area contributed by atoms with Crippen LogP contribution < -0.4 is 9.47 Å². The van der Waals surface area contributed by atoms with Gasteiger partial charge in [0.15, 0.2) is 11.5 Å². The first-order valence-corrected chi connectivity index (χ1v) is 5.84. The van der Waals surface area contributed by atoms with Crippen molar-refractivity contribution in [3.05, 3.63) is 22.2 Å². The Morgan fingerprint density at radius 3 is 2.41 bits per heavy atom. The highest BCUT2D eigenvalue weighted by Gasteiger charge is 2.17. The molecule has 0 spiro atoms. The highest BCUT2D eigenvalue weighted by atomic mass is 35.5. The number of carbonyl (C=O) groups excluding carboxylic acids is 1. The number of ether oxygens (including phenoxy) is 2. The minimum Gasteiger partial charge on any atom is -0.493 e. The maximum atomic E-state index is 11.2. The highest BCUT2D eigenvalue weighted by molar-refractivity contribution is 6.33. The maximum Gasteiger partial charge on any atom is 0.179 e. The molecule has 17 heavy (non-hydrogen) atoms. The van der Waals surface area contributed by atoms with Gasteiger partial charge < -0.3 is 9.47 Å². The first kappa shape index (κ1) is 13.8. The monoisotopic (exact) mass is 256 g/mol. The molecule has 0 atom stereocenters. The number of Topliss-reactive ketones (excluding diaryl/α,β-unsaturated/α-hetero) is 1. The molecule has 0 N–H and O–H groups in total. The standard InChI is InChI=1S/C13H17ClO3/c1-5-10-9(6-8(2)15)7-11(16-3)13(17-4)12(10)14/h7H,5-6H2,1-4H3. The molecule has 3 nitrogen and oxygen atoms in total. The van der Waals surface area contributed by atoms with Gasteiger partial charge in [-0.3, -0.25) is 4.79 Å². The zero-order valence-corrected chi connectivity index (χ0v) is 11.4. The van der Waals surface area contributed by atoms with Gasteiger partial charge in [0.2, 0.25) is 0 Å². The van der Waals surface area contributed by atoms with Gasteiger partial charge in [-0.25, -0.2) is 0 Å². The topological polar surface area (TPSA) is 35.5 Å². The van der Waals surface area contributed by atoms with Crippen LogP contribution in [0.3, 0.4) is 0 Å². The molecule has 0 aliphatic carbocycles. The molecule has 94 valence electrons. The highest BCUT2D eigenvalue weighted by Crippen LogP contribution is 2.40. The second-order valence-electron chi connectivity index (χ2n) is 3.80. The van der Waals surface area contributed by atoms with Gasteiger partial charge in [0.25, 0.3) is 0 Å². The Balaban J connectivity index is 3.39. The van der Waals surface area contributed by atoms with Crippen molar-refractivity contribution in [2.24, 2.45) is 0 Å². The van der Waals surface area contributed by atoms with E-state index in [1.807, 2.05) is 13.0 Å². The van der Waals surface area contributed by atoms with Crippen molar-refractivity contribution in [1.29, 1.82) is 0 Å². The Morgan fingerprint density at radius 1 is 1.35 bits per heavy atom. The van der Waals surface area contributed by atoms with E-state index in [0.717, 1.165) is 17.5 Å². The van der Waals surface area contributed by atoms with E-state index in [1.165, 1.54) is 0 Å². The summed E-state index contributed by atoms with van der Waals surface area (Å²) >= 11 is 6.27. The number of benzene rings is 1. The molecule has 0 aromatic heterocycles. The van der Waals surface area contributed by atoms with Crippen LogP contribution in [0.1, 0.15) is 25.0 Å². The van der Waals surface area contributed by atoms with Crippen LogP contribution in [-0.2, 0) is 17.6 Å². The summed E-state index contributed by atoms with van der Waals surface area (Å²) in [6, 6.07) is 1.82. The van der Waals surface area contributed by atoms with Crippen LogP contribution in [0.4, 0.5) is 0 Å². The quantitative estimate of drug-likeness (QED) is 0.812. The Morgan fingerprint density at radius 2 is 2.00 bits per heavy atom. The molecule has 0 radical (unpaired) electrons. The van der Waals surface area contributed by atoms with E-state index in [1.54, 1.807) is 21.1 Å².